The van der Waals surface area contributed by atoms with Gasteiger partial charge in [0, 0.05) is 6.04 Å². The van der Waals surface area contributed by atoms with E-state index < -0.39 is 0 Å². The minimum absolute atomic E-state index is 0.0574. The summed E-state index contributed by atoms with van der Waals surface area (Å²) in [5.74, 6) is 2.53. The Bertz CT molecular complexity index is 786. The molecule has 2 aromatic heterocycles. The monoisotopic (exact) mass is 376 g/mol. The van der Waals surface area contributed by atoms with E-state index in [1.165, 1.54) is 25.7 Å². The van der Waals surface area contributed by atoms with Gasteiger partial charge in [-0.3, -0.25) is 13.9 Å². The molecule has 8 nitrogen and oxygen atoms in total. The Balaban J connectivity index is 1.35. The van der Waals surface area contributed by atoms with Crippen molar-refractivity contribution in [3.05, 3.63) is 12.7 Å². The van der Waals surface area contributed by atoms with Crippen LogP contribution in [0.4, 0.5) is 5.82 Å². The first kappa shape index (κ1) is 16.7. The second kappa shape index (κ2) is 6.95. The molecule has 0 aromatic carbocycles. The third-order valence-corrected chi connectivity index (χ3v) is 6.41. The first-order valence-corrected chi connectivity index (χ1v) is 10.2. The molecule has 3 heterocycles. The van der Waals surface area contributed by atoms with Crippen LogP contribution in [0.5, 0.6) is 0 Å². The number of hydrogen-bond donors (Lipinski definition) is 2. The van der Waals surface area contributed by atoms with Gasteiger partial charge in [0.25, 0.3) is 0 Å². The van der Waals surface area contributed by atoms with Crippen LogP contribution in [0, 0.1) is 11.8 Å². The molecule has 140 valence electrons. The molecule has 0 amide bonds. The number of hydrogen-bond acceptors (Lipinski definition) is 8. The van der Waals surface area contributed by atoms with Gasteiger partial charge in [-0.05, 0) is 43.9 Å². The SMILES string of the molecule is NSOCC1CCC(n2cnc3c(NC4CC5CCC4C5)ncnc32)O1. The van der Waals surface area contributed by atoms with E-state index in [2.05, 4.69) is 20.3 Å². The number of nitrogens with one attached hydrogen (secondary N) is 1. The summed E-state index contributed by atoms with van der Waals surface area (Å²) in [5, 5.41) is 8.97. The molecule has 3 aliphatic rings. The van der Waals surface area contributed by atoms with Crippen LogP contribution in [-0.4, -0.2) is 38.3 Å². The average Bonchev–Trinajstić information content (AvgIpc) is 3.42. The topological polar surface area (TPSA) is 100 Å². The van der Waals surface area contributed by atoms with Crippen LogP contribution >= 0.6 is 12.2 Å². The first-order valence-electron chi connectivity index (χ1n) is 9.39. The molecule has 2 aromatic rings. The Morgan fingerprint density at radius 1 is 1.23 bits per heavy atom. The average molecular weight is 376 g/mol. The van der Waals surface area contributed by atoms with Gasteiger partial charge in [-0.1, -0.05) is 6.42 Å². The molecule has 2 bridgehead atoms. The molecule has 5 unspecified atom stereocenters. The highest BCUT2D eigenvalue weighted by Gasteiger charge is 2.40. The van der Waals surface area contributed by atoms with E-state index in [-0.39, 0.29) is 12.3 Å². The molecular weight excluding hydrogens is 352 g/mol. The maximum Gasteiger partial charge on any atom is 0.167 e. The fourth-order valence-corrected chi connectivity index (χ4v) is 5.12. The third-order valence-electron chi connectivity index (χ3n) is 6.14. The third kappa shape index (κ3) is 2.96. The Kier molecular flexibility index (Phi) is 4.48. The van der Waals surface area contributed by atoms with Crippen molar-refractivity contribution < 1.29 is 8.92 Å². The Labute approximate surface area is 156 Å². The molecule has 1 aliphatic heterocycles. The number of nitrogens with zero attached hydrogens (tertiary/aromatic N) is 4. The minimum Gasteiger partial charge on any atom is -0.365 e. The van der Waals surface area contributed by atoms with Crippen LogP contribution in [0.1, 0.15) is 44.8 Å². The quantitative estimate of drug-likeness (QED) is 0.586. The highest BCUT2D eigenvalue weighted by atomic mass is 32.2. The summed E-state index contributed by atoms with van der Waals surface area (Å²) in [7, 11) is 0. The van der Waals surface area contributed by atoms with Crippen LogP contribution in [0.2, 0.25) is 0 Å². The van der Waals surface area contributed by atoms with Crippen LogP contribution in [0.3, 0.4) is 0 Å². The summed E-state index contributed by atoms with van der Waals surface area (Å²) in [6.45, 7) is 0.496. The summed E-state index contributed by atoms with van der Waals surface area (Å²) >= 11 is 0.884. The van der Waals surface area contributed by atoms with Crippen LogP contribution < -0.4 is 10.5 Å². The molecule has 5 rings (SSSR count). The number of ether oxygens (including phenoxy) is 1. The van der Waals surface area contributed by atoms with E-state index in [4.69, 9.17) is 14.1 Å². The lowest BCUT2D eigenvalue weighted by atomic mass is 9.95. The molecule has 2 saturated carbocycles. The fraction of sp³-hybridized carbons (Fsp3) is 0.706. The summed E-state index contributed by atoms with van der Waals surface area (Å²) in [6.07, 6.45) is 10.6. The molecular formula is C17H24N6O2S. The zero-order chi connectivity index (χ0) is 17.5. The van der Waals surface area contributed by atoms with E-state index in [1.807, 2.05) is 10.9 Å². The second-order valence-corrected chi connectivity index (χ2v) is 8.07. The lowest BCUT2D eigenvalue weighted by Crippen LogP contribution is -2.26. The van der Waals surface area contributed by atoms with E-state index in [0.29, 0.717) is 12.6 Å². The molecule has 26 heavy (non-hydrogen) atoms. The van der Waals surface area contributed by atoms with Gasteiger partial charge in [0.2, 0.25) is 0 Å². The van der Waals surface area contributed by atoms with Crippen LogP contribution in [-0.2, 0) is 8.92 Å². The van der Waals surface area contributed by atoms with Crippen molar-refractivity contribution in [1.82, 2.24) is 19.5 Å². The molecule has 3 N–H and O–H groups in total. The molecule has 9 heteroatoms. The lowest BCUT2D eigenvalue weighted by Gasteiger charge is -2.23. The first-order chi connectivity index (χ1) is 12.8. The van der Waals surface area contributed by atoms with Crippen molar-refractivity contribution in [2.45, 2.75) is 56.9 Å². The van der Waals surface area contributed by atoms with Crippen molar-refractivity contribution in [2.24, 2.45) is 17.0 Å². The lowest BCUT2D eigenvalue weighted by molar-refractivity contribution is -0.0128. The zero-order valence-electron chi connectivity index (χ0n) is 14.6. The summed E-state index contributed by atoms with van der Waals surface area (Å²) in [6, 6.07) is 0.523. The van der Waals surface area contributed by atoms with Crippen molar-refractivity contribution in [3.8, 4) is 0 Å². The van der Waals surface area contributed by atoms with Gasteiger partial charge >= 0.3 is 0 Å². The summed E-state index contributed by atoms with van der Waals surface area (Å²) in [5.41, 5.74) is 1.65. The van der Waals surface area contributed by atoms with E-state index in [0.717, 1.165) is 53.9 Å². The highest BCUT2D eigenvalue weighted by Crippen LogP contribution is 2.45. The number of rotatable bonds is 6. The van der Waals surface area contributed by atoms with Crippen LogP contribution in [0.25, 0.3) is 11.2 Å². The van der Waals surface area contributed by atoms with Gasteiger partial charge < -0.3 is 10.1 Å². The maximum atomic E-state index is 6.08. The van der Waals surface area contributed by atoms with E-state index in [1.54, 1.807) is 6.33 Å². The van der Waals surface area contributed by atoms with Crippen molar-refractivity contribution in [1.29, 1.82) is 0 Å². The van der Waals surface area contributed by atoms with Gasteiger partial charge in [0.15, 0.2) is 17.0 Å². The normalized spacial score (nSPS) is 33.3. The molecule has 2 aliphatic carbocycles. The van der Waals surface area contributed by atoms with Gasteiger partial charge in [-0.25, -0.2) is 15.0 Å². The molecule has 1 saturated heterocycles. The van der Waals surface area contributed by atoms with Gasteiger partial charge in [-0.2, -0.15) is 0 Å². The van der Waals surface area contributed by atoms with Crippen molar-refractivity contribution in [3.63, 3.8) is 0 Å². The Morgan fingerprint density at radius 3 is 3.00 bits per heavy atom. The zero-order valence-corrected chi connectivity index (χ0v) is 15.4. The van der Waals surface area contributed by atoms with Crippen molar-refractivity contribution in [2.75, 3.05) is 11.9 Å². The summed E-state index contributed by atoms with van der Waals surface area (Å²) in [4.78, 5) is 13.5. The van der Waals surface area contributed by atoms with Gasteiger partial charge in [0.1, 0.15) is 12.6 Å². The van der Waals surface area contributed by atoms with Gasteiger partial charge in [-0.15, -0.1) is 0 Å². The Hall–Kier alpha value is -1.42. The van der Waals surface area contributed by atoms with Crippen LogP contribution in [0.15, 0.2) is 12.7 Å². The maximum absolute atomic E-state index is 6.08. The Morgan fingerprint density at radius 2 is 2.19 bits per heavy atom. The summed E-state index contributed by atoms with van der Waals surface area (Å²) < 4.78 is 13.3. The van der Waals surface area contributed by atoms with E-state index in [9.17, 15) is 0 Å². The molecule has 3 fully saturated rings. The number of anilines is 1. The molecule has 5 atom stereocenters. The highest BCUT2D eigenvalue weighted by molar-refractivity contribution is 7.92. The predicted molar refractivity (Wildman–Crippen MR) is 99.1 cm³/mol. The number of aromatic nitrogens is 4. The standard InChI is InChI=1S/C17H24N6O2S/c18-26-24-7-12-3-4-14(25-12)23-9-21-15-16(19-8-20-17(15)23)22-13-6-10-1-2-11(13)5-10/h8-14H,1-7,18H2,(H,19,20,22). The fourth-order valence-electron chi connectivity index (χ4n) is 4.89. The molecule has 0 spiro atoms. The second-order valence-electron chi connectivity index (χ2n) is 7.64. The number of nitrogens with two attached hydrogens (primary N) is 1. The predicted octanol–water partition coefficient (Wildman–Crippen LogP) is 2.64. The van der Waals surface area contributed by atoms with Crippen molar-refractivity contribution >= 4 is 29.2 Å². The minimum atomic E-state index is -0.0679. The smallest absolute Gasteiger partial charge is 0.167 e. The molecule has 0 radical (unpaired) electrons. The van der Waals surface area contributed by atoms with E-state index >= 15 is 0 Å². The van der Waals surface area contributed by atoms with Gasteiger partial charge in [0.05, 0.1) is 31.3 Å². The number of fused-ring (bicyclic) bond motifs is 3. The largest absolute Gasteiger partial charge is 0.365 e. The number of imidazole rings is 1.